The van der Waals surface area contributed by atoms with E-state index in [2.05, 4.69) is 36.3 Å². The summed E-state index contributed by atoms with van der Waals surface area (Å²) in [5.41, 5.74) is 14.1. The summed E-state index contributed by atoms with van der Waals surface area (Å²) in [7, 11) is 0. The van der Waals surface area contributed by atoms with Crippen molar-refractivity contribution in [2.24, 2.45) is 0 Å². The molecule has 0 aromatic rings. The van der Waals surface area contributed by atoms with Crippen LogP contribution in [0.25, 0.3) is 36.1 Å². The van der Waals surface area contributed by atoms with Crippen molar-refractivity contribution in [2.75, 3.05) is 45.9 Å². The molecular weight excluding hydrogens is 1070 g/mol. The minimum absolute atomic E-state index is 0. The molecule has 0 fully saturated rings. The summed E-state index contributed by atoms with van der Waals surface area (Å²) in [6.45, 7) is 13.2. The number of quaternary nitrogens is 2. The zero-order valence-electron chi connectivity index (χ0n) is 35.0. The molecule has 0 rings (SSSR count). The average molecular weight is 1160 g/mol. The molecule has 0 aliphatic carbocycles. The summed E-state index contributed by atoms with van der Waals surface area (Å²) in [4.78, 5) is 23.9. The molecule has 14 nitrogen and oxygen atoms in total. The van der Waals surface area contributed by atoms with Gasteiger partial charge in [-0.05, 0) is 51.4 Å². The third-order valence-electron chi connectivity index (χ3n) is 7.81. The zero-order chi connectivity index (χ0) is 36.6. The van der Waals surface area contributed by atoms with Gasteiger partial charge in [0, 0.05) is 12.4 Å². The average Bonchev–Trinajstić information content (AvgIpc) is 3.07. The van der Waals surface area contributed by atoms with Crippen molar-refractivity contribution in [3.05, 3.63) is 36.1 Å². The molecule has 344 valence electrons. The van der Waals surface area contributed by atoms with Gasteiger partial charge in [-0.3, -0.25) is 10.1 Å². The van der Waals surface area contributed by atoms with Crippen LogP contribution in [-0.4, -0.2) is 68.2 Å². The number of unbranched alkanes of at least 4 members (excludes halogenated alkanes) is 19. The first-order valence-electron chi connectivity index (χ1n) is 20.0. The molecule has 0 amide bonds. The molecule has 0 unspecified atom stereocenters. The van der Waals surface area contributed by atoms with Gasteiger partial charge in [0.15, 0.2) is 0 Å². The van der Waals surface area contributed by atoms with Crippen molar-refractivity contribution in [1.82, 2.24) is 0 Å². The van der Waals surface area contributed by atoms with Crippen molar-refractivity contribution < 1.29 is 82.7 Å². The smallest absolute Gasteiger partial charge is 0.693 e. The first-order chi connectivity index (χ1) is 23.4. The molecule has 55 heavy (non-hydrogen) atoms. The van der Waals surface area contributed by atoms with E-state index in [-0.39, 0.29) is 80.6 Å². The zero-order valence-corrected chi connectivity index (χ0v) is 39.5. The van der Waals surface area contributed by atoms with Crippen LogP contribution in [0.15, 0.2) is 0 Å². The summed E-state index contributed by atoms with van der Waals surface area (Å²) < 4.78 is 0. The number of aliphatic carboxylic acids is 2. The molecule has 0 saturated carbocycles. The SMILES string of the molecule is C.CCCCCCCC(=O)O.CCCCCCCC(=O)[O-].CCCCCCCCOO.[NH-]CCCCCC[NH2+]CC[NH2+]CCCCCC[NH-].[NH2-].[NH2-].[NH2-].[NH2-].[Pt+4].[Pt+4]. The molecule has 16 heteroatoms. The fourth-order valence-electron chi connectivity index (χ4n) is 4.76. The molecule has 0 aliphatic heterocycles. The molecule has 0 heterocycles. The van der Waals surface area contributed by atoms with Crippen LogP contribution in [0.3, 0.4) is 0 Å². The van der Waals surface area contributed by atoms with Gasteiger partial charge < -0.3 is 61.7 Å². The Balaban J connectivity index is -0.0000000518. The quantitative estimate of drug-likeness (QED) is 0.0275. The summed E-state index contributed by atoms with van der Waals surface area (Å²) in [5.74, 6) is -1.59. The van der Waals surface area contributed by atoms with E-state index in [4.69, 9.17) is 21.8 Å². The summed E-state index contributed by atoms with van der Waals surface area (Å²) >= 11 is 0. The Morgan fingerprint density at radius 2 is 0.818 bits per heavy atom. The molecule has 0 saturated heterocycles. The van der Waals surface area contributed by atoms with Gasteiger partial charge in [-0.1, -0.05) is 137 Å². The van der Waals surface area contributed by atoms with E-state index >= 15 is 0 Å². The number of hydrogen-bond acceptors (Lipinski definition) is 5. The monoisotopic (exact) mass is 1160 g/mol. The van der Waals surface area contributed by atoms with Gasteiger partial charge in [0.1, 0.15) is 13.1 Å². The van der Waals surface area contributed by atoms with Crippen molar-refractivity contribution >= 4 is 11.9 Å². The predicted octanol–water partition coefficient (Wildman–Crippen LogP) is 11.2. The van der Waals surface area contributed by atoms with E-state index in [0.717, 1.165) is 51.4 Å². The summed E-state index contributed by atoms with van der Waals surface area (Å²) in [6, 6.07) is 0. The molecule has 0 aromatic carbocycles. The van der Waals surface area contributed by atoms with E-state index in [0.29, 0.717) is 26.1 Å². The summed E-state index contributed by atoms with van der Waals surface area (Å²) in [5, 5.41) is 31.0. The van der Waals surface area contributed by atoms with Crippen LogP contribution >= 0.6 is 0 Å². The Morgan fingerprint density at radius 1 is 0.509 bits per heavy atom. The van der Waals surface area contributed by atoms with Crippen molar-refractivity contribution in [3.8, 4) is 0 Å². The van der Waals surface area contributed by atoms with E-state index in [1.54, 1.807) is 0 Å². The van der Waals surface area contributed by atoms with Gasteiger partial charge in [-0.2, -0.15) is 13.1 Å². The molecule has 0 atom stereocenters. The van der Waals surface area contributed by atoms with E-state index in [1.807, 2.05) is 0 Å². The Kier molecular flexibility index (Phi) is 129. The van der Waals surface area contributed by atoms with Crippen LogP contribution in [0.5, 0.6) is 0 Å². The number of nitrogens with two attached hydrogens (primary N) is 6. The van der Waals surface area contributed by atoms with Gasteiger partial charge in [0.05, 0.1) is 19.7 Å². The number of carbonyl (C=O) groups is 2. The molecule has 0 bridgehead atoms. The van der Waals surface area contributed by atoms with Crippen LogP contribution < -0.4 is 15.7 Å². The van der Waals surface area contributed by atoms with Gasteiger partial charge in [-0.25, -0.2) is 4.89 Å². The van der Waals surface area contributed by atoms with Gasteiger partial charge in [-0.15, -0.1) is 0 Å². The van der Waals surface area contributed by atoms with Crippen LogP contribution in [0.1, 0.15) is 195 Å². The number of carboxylic acid groups (broad SMARTS) is 2. The Morgan fingerprint density at radius 3 is 1.15 bits per heavy atom. The summed E-state index contributed by atoms with van der Waals surface area (Å²) in [6.07, 6.45) is 28.7. The molecule has 0 spiro atoms. The topological polar surface area (TPSA) is 322 Å². The number of rotatable bonds is 34. The normalized spacial score (nSPS) is 8.98. The van der Waals surface area contributed by atoms with Crippen LogP contribution in [0.4, 0.5) is 0 Å². The van der Waals surface area contributed by atoms with Crippen LogP contribution in [-0.2, 0) is 56.6 Å². The van der Waals surface area contributed by atoms with Crippen molar-refractivity contribution in [3.63, 3.8) is 0 Å². The minimum atomic E-state index is -0.920. The molecule has 0 radical (unpaired) electrons. The Hall–Kier alpha value is -0.0834. The number of hydrogen-bond donors (Lipinski definition) is 4. The molecule has 0 aliphatic rings. The van der Waals surface area contributed by atoms with E-state index in [1.165, 1.54) is 129 Å². The fraction of sp³-hybridized carbons (Fsp3) is 0.949. The number of carbonyl (C=O) groups excluding carboxylic acids is 1. The standard InChI is InChI=1S/C14H32N4.C8H18O2.2C8H16O2.CH4.4H2N.2Pt/c15-9-5-1-3-7-11-17-13-14-18-12-8-4-2-6-10-16;1-2-3-4-5-6-7-8-10-9;2*1-2-3-4-5-6-7-8(9)10;;;;;;;/h15-18H,1-14H2;9H,2-8H2,1H3;2*2-7H2,1H3,(H,9,10);1H4;4*1H2;;/q-2;;;;;4*-1;2*+4/p+1. The van der Waals surface area contributed by atoms with Crippen LogP contribution in [0, 0.1) is 0 Å². The largest absolute Gasteiger partial charge is 4.00 e. The van der Waals surface area contributed by atoms with E-state index in [9.17, 15) is 14.7 Å². The van der Waals surface area contributed by atoms with Crippen molar-refractivity contribution in [1.29, 1.82) is 0 Å². The maximum atomic E-state index is 10.0. The Labute approximate surface area is 369 Å². The molecule has 0 aromatic heterocycles. The van der Waals surface area contributed by atoms with Gasteiger partial charge in [0.25, 0.3) is 0 Å². The van der Waals surface area contributed by atoms with Crippen molar-refractivity contribution in [2.45, 2.75) is 195 Å². The van der Waals surface area contributed by atoms with E-state index < -0.39 is 11.9 Å². The second kappa shape index (κ2) is 85.9. The second-order valence-corrected chi connectivity index (χ2v) is 12.8. The molecular formula is C39H95N8O6Pt2+3. The van der Waals surface area contributed by atoms with Gasteiger partial charge in [0.2, 0.25) is 0 Å². The maximum Gasteiger partial charge on any atom is 4.00 e. The first-order valence-corrected chi connectivity index (χ1v) is 20.0. The third kappa shape index (κ3) is 113. The number of nitrogens with one attached hydrogen (secondary N) is 2. The minimum Gasteiger partial charge on any atom is -0.693 e. The maximum absolute atomic E-state index is 10.0. The predicted molar refractivity (Wildman–Crippen MR) is 228 cm³/mol. The fourth-order valence-corrected chi connectivity index (χ4v) is 4.76. The number of carboxylic acids is 2. The molecule has 16 N–H and O–H groups in total. The van der Waals surface area contributed by atoms with Crippen LogP contribution in [0.2, 0.25) is 0 Å². The first kappa shape index (κ1) is 82.8. The van der Waals surface area contributed by atoms with Gasteiger partial charge >= 0.3 is 48.1 Å². The second-order valence-electron chi connectivity index (χ2n) is 12.8. The third-order valence-corrected chi connectivity index (χ3v) is 7.81. The Bertz CT molecular complexity index is 550.